The molecule has 1 aromatic heterocycles. The number of carbonyl (C=O) groups excluding carboxylic acids is 2. The summed E-state index contributed by atoms with van der Waals surface area (Å²) in [5, 5.41) is 14.2. The van der Waals surface area contributed by atoms with Crippen LogP contribution in [0.2, 0.25) is 0 Å². The van der Waals surface area contributed by atoms with Crippen molar-refractivity contribution in [3.63, 3.8) is 0 Å². The maximum absolute atomic E-state index is 11.8. The maximum Gasteiger partial charge on any atom is 0.230 e. The van der Waals surface area contributed by atoms with Gasteiger partial charge in [-0.15, -0.1) is 10.2 Å². The van der Waals surface area contributed by atoms with Gasteiger partial charge in [-0.3, -0.25) is 9.59 Å². The van der Waals surface area contributed by atoms with Gasteiger partial charge in [-0.1, -0.05) is 35.9 Å². The molecule has 0 radical (unpaired) electrons. The van der Waals surface area contributed by atoms with E-state index in [0.29, 0.717) is 21.3 Å². The average Bonchev–Trinajstić information content (AvgIpc) is 3.03. The predicted molar refractivity (Wildman–Crippen MR) is 82.4 cm³/mol. The van der Waals surface area contributed by atoms with E-state index in [2.05, 4.69) is 20.8 Å². The number of nitrogens with one attached hydrogen (secondary N) is 2. The Balaban J connectivity index is 1.41. The third kappa shape index (κ3) is 4.41. The van der Waals surface area contributed by atoms with Crippen LogP contribution in [-0.2, 0) is 9.59 Å². The Labute approximate surface area is 131 Å². The molecule has 2 fully saturated rings. The zero-order chi connectivity index (χ0) is 14.7. The van der Waals surface area contributed by atoms with Crippen molar-refractivity contribution in [2.75, 3.05) is 11.1 Å². The Morgan fingerprint density at radius 3 is 2.67 bits per heavy atom. The first-order chi connectivity index (χ1) is 10.2. The Bertz CT molecular complexity index is 524. The normalized spacial score (nSPS) is 18.7. The van der Waals surface area contributed by atoms with E-state index in [1.165, 1.54) is 35.9 Å². The van der Waals surface area contributed by atoms with Crippen LogP contribution in [0.3, 0.4) is 0 Å². The number of aromatic nitrogens is 2. The minimum atomic E-state index is 0.0293. The Morgan fingerprint density at radius 2 is 1.95 bits per heavy atom. The number of hydrogen-bond donors (Lipinski definition) is 2. The molecule has 6 nitrogen and oxygen atoms in total. The standard InChI is InChI=1S/C13H18N4O2S2/c18-10(14-9-3-1-2-4-9)7-20-13-17-16-12(21-13)15-11(19)8-5-6-8/h8-9H,1-7H2,(H,14,18)(H,15,16,19). The summed E-state index contributed by atoms with van der Waals surface area (Å²) in [7, 11) is 0. The lowest BCUT2D eigenvalue weighted by Gasteiger charge is -2.10. The highest BCUT2D eigenvalue weighted by molar-refractivity contribution is 8.01. The SMILES string of the molecule is O=C(CSc1nnc(NC(=O)C2CC2)s1)NC1CCCC1. The molecule has 0 atom stereocenters. The van der Waals surface area contributed by atoms with Gasteiger partial charge >= 0.3 is 0 Å². The first-order valence-corrected chi connectivity index (χ1v) is 9.07. The van der Waals surface area contributed by atoms with Gasteiger partial charge in [0.25, 0.3) is 0 Å². The second-order valence-corrected chi connectivity index (χ2v) is 7.67. The molecule has 0 aliphatic heterocycles. The van der Waals surface area contributed by atoms with E-state index in [0.717, 1.165) is 25.7 Å². The Morgan fingerprint density at radius 1 is 1.19 bits per heavy atom. The lowest BCUT2D eigenvalue weighted by molar-refractivity contribution is -0.119. The van der Waals surface area contributed by atoms with E-state index >= 15 is 0 Å². The van der Waals surface area contributed by atoms with E-state index in [1.54, 1.807) is 0 Å². The van der Waals surface area contributed by atoms with E-state index in [1.807, 2.05) is 0 Å². The topological polar surface area (TPSA) is 84.0 Å². The summed E-state index contributed by atoms with van der Waals surface area (Å²) < 4.78 is 0.711. The zero-order valence-electron chi connectivity index (χ0n) is 11.6. The number of thioether (sulfide) groups is 1. The second-order valence-electron chi connectivity index (χ2n) is 5.47. The van der Waals surface area contributed by atoms with Crippen LogP contribution >= 0.6 is 23.1 Å². The molecule has 0 bridgehead atoms. The van der Waals surface area contributed by atoms with Gasteiger partial charge in [0.2, 0.25) is 16.9 Å². The summed E-state index contributed by atoms with van der Waals surface area (Å²) in [5.41, 5.74) is 0. The van der Waals surface area contributed by atoms with Crippen LogP contribution in [0.5, 0.6) is 0 Å². The molecule has 2 aliphatic rings. The molecular weight excluding hydrogens is 308 g/mol. The first-order valence-electron chi connectivity index (χ1n) is 7.27. The fraction of sp³-hybridized carbons (Fsp3) is 0.692. The number of rotatable bonds is 6. The van der Waals surface area contributed by atoms with Crippen LogP contribution in [-0.4, -0.2) is 33.8 Å². The second kappa shape index (κ2) is 6.74. The monoisotopic (exact) mass is 326 g/mol. The van der Waals surface area contributed by atoms with E-state index in [9.17, 15) is 9.59 Å². The molecule has 2 aliphatic carbocycles. The molecule has 0 saturated heterocycles. The van der Waals surface area contributed by atoms with Crippen molar-refractivity contribution in [3.8, 4) is 0 Å². The smallest absolute Gasteiger partial charge is 0.230 e. The molecule has 2 saturated carbocycles. The molecular formula is C13H18N4O2S2. The molecule has 1 aromatic rings. The molecule has 3 rings (SSSR count). The lowest BCUT2D eigenvalue weighted by Crippen LogP contribution is -2.33. The number of nitrogens with zero attached hydrogens (tertiary/aromatic N) is 2. The van der Waals surface area contributed by atoms with Gasteiger partial charge in [-0.2, -0.15) is 0 Å². The van der Waals surface area contributed by atoms with Crippen molar-refractivity contribution in [2.24, 2.45) is 5.92 Å². The van der Waals surface area contributed by atoms with Crippen molar-refractivity contribution < 1.29 is 9.59 Å². The van der Waals surface area contributed by atoms with E-state index < -0.39 is 0 Å². The fourth-order valence-electron chi connectivity index (χ4n) is 2.34. The summed E-state index contributed by atoms with van der Waals surface area (Å²) >= 11 is 2.69. The van der Waals surface area contributed by atoms with Gasteiger partial charge < -0.3 is 10.6 Å². The quantitative estimate of drug-likeness (QED) is 0.617. The fourth-order valence-corrected chi connectivity index (χ4v) is 3.90. The number of hydrogen-bond acceptors (Lipinski definition) is 6. The highest BCUT2D eigenvalue weighted by Gasteiger charge is 2.30. The van der Waals surface area contributed by atoms with Gasteiger partial charge in [-0.25, -0.2) is 0 Å². The molecule has 1 heterocycles. The minimum Gasteiger partial charge on any atom is -0.353 e. The van der Waals surface area contributed by atoms with Crippen LogP contribution in [0.4, 0.5) is 5.13 Å². The van der Waals surface area contributed by atoms with Crippen molar-refractivity contribution >= 4 is 40.0 Å². The molecule has 0 unspecified atom stereocenters. The van der Waals surface area contributed by atoms with Crippen LogP contribution in [0.15, 0.2) is 4.34 Å². The summed E-state index contributed by atoms with van der Waals surface area (Å²) in [4.78, 5) is 23.4. The Kier molecular flexibility index (Phi) is 4.74. The molecule has 2 N–H and O–H groups in total. The first kappa shape index (κ1) is 14.8. The molecule has 114 valence electrons. The highest BCUT2D eigenvalue weighted by atomic mass is 32.2. The van der Waals surface area contributed by atoms with E-state index in [4.69, 9.17) is 0 Å². The summed E-state index contributed by atoms with van der Waals surface area (Å²) in [6.07, 6.45) is 6.53. The van der Waals surface area contributed by atoms with Crippen LogP contribution in [0.25, 0.3) is 0 Å². The number of amides is 2. The average molecular weight is 326 g/mol. The van der Waals surface area contributed by atoms with Gasteiger partial charge in [0.1, 0.15) is 0 Å². The number of carbonyl (C=O) groups is 2. The van der Waals surface area contributed by atoms with Gasteiger partial charge in [0.15, 0.2) is 4.34 Å². The van der Waals surface area contributed by atoms with Crippen LogP contribution < -0.4 is 10.6 Å². The van der Waals surface area contributed by atoms with E-state index in [-0.39, 0.29) is 17.7 Å². The van der Waals surface area contributed by atoms with Crippen LogP contribution in [0, 0.1) is 5.92 Å². The third-order valence-corrected chi connectivity index (χ3v) is 5.60. The van der Waals surface area contributed by atoms with Gasteiger partial charge in [-0.05, 0) is 25.7 Å². The Hall–Kier alpha value is -1.15. The molecule has 2 amide bonds. The molecule has 21 heavy (non-hydrogen) atoms. The summed E-state index contributed by atoms with van der Waals surface area (Å²) in [6.45, 7) is 0. The van der Waals surface area contributed by atoms with Crippen LogP contribution in [0.1, 0.15) is 38.5 Å². The van der Waals surface area contributed by atoms with Crippen molar-refractivity contribution in [3.05, 3.63) is 0 Å². The maximum atomic E-state index is 11.8. The zero-order valence-corrected chi connectivity index (χ0v) is 13.3. The summed E-state index contributed by atoms with van der Waals surface area (Å²) in [5.74, 6) is 0.580. The largest absolute Gasteiger partial charge is 0.353 e. The third-order valence-electron chi connectivity index (χ3n) is 3.63. The van der Waals surface area contributed by atoms with Gasteiger partial charge in [0, 0.05) is 12.0 Å². The molecule has 0 aromatic carbocycles. The van der Waals surface area contributed by atoms with Crippen molar-refractivity contribution in [1.29, 1.82) is 0 Å². The lowest BCUT2D eigenvalue weighted by atomic mass is 10.2. The summed E-state index contributed by atoms with van der Waals surface area (Å²) in [6, 6.07) is 0.348. The number of anilines is 1. The minimum absolute atomic E-state index is 0.0293. The molecule has 0 spiro atoms. The van der Waals surface area contributed by atoms with Crippen molar-refractivity contribution in [2.45, 2.75) is 48.9 Å². The predicted octanol–water partition coefficient (Wildman–Crippen LogP) is 2.04. The van der Waals surface area contributed by atoms with Crippen molar-refractivity contribution in [1.82, 2.24) is 15.5 Å². The van der Waals surface area contributed by atoms with Gasteiger partial charge in [0.05, 0.1) is 5.75 Å². The highest BCUT2D eigenvalue weighted by Crippen LogP contribution is 2.31. The molecule has 8 heteroatoms.